The van der Waals surface area contributed by atoms with Gasteiger partial charge in [0, 0.05) is 0 Å². The van der Waals surface area contributed by atoms with Gasteiger partial charge in [-0.25, -0.2) is 9.98 Å². The minimum Gasteiger partial charge on any atom is -0.265 e. The molecular weight excluding hydrogens is 90.1 g/mol. The van der Waals surface area contributed by atoms with E-state index in [0.29, 0.717) is 12.4 Å². The molecular formula is C4H5N3. The fourth-order valence-electron chi connectivity index (χ4n) is 0.362. The average Bonchev–Trinajstić information content (AvgIpc) is 2.14. The summed E-state index contributed by atoms with van der Waals surface area (Å²) in [6.45, 7) is 3.88. The summed E-state index contributed by atoms with van der Waals surface area (Å²) < 4.78 is 0. The zero-order valence-corrected chi connectivity index (χ0v) is 3.83. The van der Waals surface area contributed by atoms with Crippen LogP contribution in [0.15, 0.2) is 15.0 Å². The van der Waals surface area contributed by atoms with E-state index in [-0.39, 0.29) is 0 Å². The Morgan fingerprint density at radius 2 is 2.71 bits per heavy atom. The van der Waals surface area contributed by atoms with Crippen LogP contribution in [0.1, 0.15) is 0 Å². The van der Waals surface area contributed by atoms with Crippen LogP contribution in [0.25, 0.3) is 0 Å². The van der Waals surface area contributed by atoms with Crippen molar-refractivity contribution >= 4 is 18.9 Å². The third-order valence-corrected chi connectivity index (χ3v) is 0.704. The molecule has 1 aliphatic heterocycles. The molecule has 0 radical (unpaired) electrons. The Balaban J connectivity index is 2.61. The highest BCUT2D eigenvalue weighted by atomic mass is 15.0. The maximum atomic E-state index is 3.77. The van der Waals surface area contributed by atoms with Crippen molar-refractivity contribution in [1.29, 1.82) is 0 Å². The van der Waals surface area contributed by atoms with E-state index in [1.807, 2.05) is 0 Å². The van der Waals surface area contributed by atoms with Crippen LogP contribution in [-0.4, -0.2) is 25.4 Å². The van der Waals surface area contributed by atoms with Gasteiger partial charge < -0.3 is 0 Å². The maximum Gasteiger partial charge on any atom is 0.150 e. The summed E-state index contributed by atoms with van der Waals surface area (Å²) in [4.78, 5) is 11.1. The average molecular weight is 95.1 g/mol. The number of nitrogens with zero attached hydrogens (tertiary/aromatic N) is 3. The fourth-order valence-corrected chi connectivity index (χ4v) is 0.362. The van der Waals surface area contributed by atoms with E-state index in [0.717, 1.165) is 0 Å². The smallest absolute Gasteiger partial charge is 0.150 e. The van der Waals surface area contributed by atoms with Gasteiger partial charge in [-0.05, 0) is 6.72 Å². The van der Waals surface area contributed by atoms with E-state index >= 15 is 0 Å². The van der Waals surface area contributed by atoms with Crippen molar-refractivity contribution in [3.8, 4) is 0 Å². The Morgan fingerprint density at radius 1 is 1.86 bits per heavy atom. The molecule has 0 atom stereocenters. The van der Waals surface area contributed by atoms with Crippen molar-refractivity contribution in [3.63, 3.8) is 0 Å². The van der Waals surface area contributed by atoms with Gasteiger partial charge in [-0.1, -0.05) is 0 Å². The molecule has 0 aromatic carbocycles. The minimum atomic E-state index is 0.601. The van der Waals surface area contributed by atoms with Crippen LogP contribution in [0, 0.1) is 0 Å². The molecule has 0 aromatic rings. The number of amidine groups is 1. The van der Waals surface area contributed by atoms with E-state index in [2.05, 4.69) is 21.7 Å². The SMILES string of the molecule is C=NC1=NC=NC1. The van der Waals surface area contributed by atoms with Crippen molar-refractivity contribution in [2.75, 3.05) is 6.54 Å². The summed E-state index contributed by atoms with van der Waals surface area (Å²) in [7, 11) is 0. The predicted molar refractivity (Wildman–Crippen MR) is 30.3 cm³/mol. The van der Waals surface area contributed by atoms with Crippen molar-refractivity contribution in [2.24, 2.45) is 15.0 Å². The minimum absolute atomic E-state index is 0.601. The Labute approximate surface area is 41.5 Å². The maximum absolute atomic E-state index is 3.77. The topological polar surface area (TPSA) is 37.1 Å². The van der Waals surface area contributed by atoms with E-state index in [4.69, 9.17) is 0 Å². The van der Waals surface area contributed by atoms with E-state index in [9.17, 15) is 0 Å². The number of hydrogen-bond donors (Lipinski definition) is 0. The lowest BCUT2D eigenvalue weighted by Crippen LogP contribution is -1.90. The lowest BCUT2D eigenvalue weighted by atomic mass is 10.6. The molecule has 1 heterocycles. The number of hydrogen-bond acceptors (Lipinski definition) is 3. The third-order valence-electron chi connectivity index (χ3n) is 0.704. The lowest BCUT2D eigenvalue weighted by Gasteiger charge is -1.78. The van der Waals surface area contributed by atoms with Gasteiger partial charge in [0.2, 0.25) is 0 Å². The normalized spacial score (nSPS) is 16.9. The second kappa shape index (κ2) is 1.64. The largest absolute Gasteiger partial charge is 0.265 e. The lowest BCUT2D eigenvalue weighted by molar-refractivity contribution is 1.33. The van der Waals surface area contributed by atoms with Crippen LogP contribution < -0.4 is 0 Å². The molecule has 7 heavy (non-hydrogen) atoms. The molecule has 1 aliphatic rings. The van der Waals surface area contributed by atoms with Gasteiger partial charge in [-0.15, -0.1) is 0 Å². The Bertz CT molecular complexity index is 134. The van der Waals surface area contributed by atoms with Gasteiger partial charge >= 0.3 is 0 Å². The van der Waals surface area contributed by atoms with Crippen LogP contribution in [0.3, 0.4) is 0 Å². The highest BCUT2D eigenvalue weighted by Crippen LogP contribution is 1.86. The molecule has 3 nitrogen and oxygen atoms in total. The highest BCUT2D eigenvalue weighted by Gasteiger charge is 1.93. The second-order valence-corrected chi connectivity index (χ2v) is 1.16. The summed E-state index contributed by atoms with van der Waals surface area (Å²) >= 11 is 0. The molecule has 0 saturated carbocycles. The molecule has 0 aliphatic carbocycles. The first-order chi connectivity index (χ1) is 3.43. The number of aliphatic imine (C=N–C) groups is 3. The van der Waals surface area contributed by atoms with Crippen LogP contribution in [0.2, 0.25) is 0 Å². The van der Waals surface area contributed by atoms with Gasteiger partial charge in [0.15, 0.2) is 5.84 Å². The molecule has 0 amide bonds. The van der Waals surface area contributed by atoms with Crippen LogP contribution in [0.4, 0.5) is 0 Å². The fraction of sp³-hybridized carbons (Fsp3) is 0.250. The predicted octanol–water partition coefficient (Wildman–Crippen LogP) is 0.127. The monoisotopic (exact) mass is 95.0 g/mol. The zero-order chi connectivity index (χ0) is 5.11. The van der Waals surface area contributed by atoms with Gasteiger partial charge in [0.1, 0.15) is 12.9 Å². The molecule has 0 unspecified atom stereocenters. The van der Waals surface area contributed by atoms with Gasteiger partial charge in [-0.2, -0.15) is 0 Å². The summed E-state index contributed by atoms with van der Waals surface area (Å²) in [5.74, 6) is 0.708. The second-order valence-electron chi connectivity index (χ2n) is 1.16. The molecule has 0 fully saturated rings. The summed E-state index contributed by atoms with van der Waals surface area (Å²) in [6.07, 6.45) is 1.49. The van der Waals surface area contributed by atoms with E-state index in [1.54, 1.807) is 0 Å². The quantitative estimate of drug-likeness (QED) is 0.383. The Kier molecular flexibility index (Phi) is 0.978. The third kappa shape index (κ3) is 0.707. The molecule has 36 valence electrons. The van der Waals surface area contributed by atoms with Crippen LogP contribution in [-0.2, 0) is 0 Å². The van der Waals surface area contributed by atoms with E-state index < -0.39 is 0 Å². The van der Waals surface area contributed by atoms with Crippen molar-refractivity contribution in [2.45, 2.75) is 0 Å². The van der Waals surface area contributed by atoms with Crippen LogP contribution in [0.5, 0.6) is 0 Å². The van der Waals surface area contributed by atoms with Gasteiger partial charge in [-0.3, -0.25) is 4.99 Å². The Morgan fingerprint density at radius 3 is 3.00 bits per heavy atom. The molecule has 1 rings (SSSR count). The zero-order valence-electron chi connectivity index (χ0n) is 3.83. The van der Waals surface area contributed by atoms with Crippen LogP contribution >= 0.6 is 0 Å². The summed E-state index contributed by atoms with van der Waals surface area (Å²) in [6, 6.07) is 0. The molecule has 0 bridgehead atoms. The van der Waals surface area contributed by atoms with Gasteiger partial charge in [0.25, 0.3) is 0 Å². The van der Waals surface area contributed by atoms with Crippen molar-refractivity contribution in [1.82, 2.24) is 0 Å². The Hall–Kier alpha value is -0.990. The van der Waals surface area contributed by atoms with E-state index in [1.165, 1.54) is 6.34 Å². The first-order valence-corrected chi connectivity index (χ1v) is 1.95. The molecule has 0 spiro atoms. The standard InChI is InChI=1S/C4H5N3/c1-5-4-2-6-3-7-4/h3H,1-2H2. The molecule has 0 aromatic heterocycles. The molecule has 0 saturated heterocycles. The first-order valence-electron chi connectivity index (χ1n) is 1.95. The molecule has 3 heteroatoms. The van der Waals surface area contributed by atoms with Crippen molar-refractivity contribution in [3.05, 3.63) is 0 Å². The number of rotatable bonds is 0. The van der Waals surface area contributed by atoms with Crippen molar-refractivity contribution < 1.29 is 0 Å². The molecule has 0 N–H and O–H groups in total. The summed E-state index contributed by atoms with van der Waals surface area (Å²) in [5, 5.41) is 0. The van der Waals surface area contributed by atoms with Gasteiger partial charge in [0.05, 0.1) is 0 Å². The first kappa shape index (κ1) is 4.18. The summed E-state index contributed by atoms with van der Waals surface area (Å²) in [5.41, 5.74) is 0. The highest BCUT2D eigenvalue weighted by molar-refractivity contribution is 5.96.